The molecule has 0 spiro atoms. The molecule has 5 nitrogen and oxygen atoms in total. The molecule has 1 aliphatic rings. The Morgan fingerprint density at radius 3 is 2.89 bits per heavy atom. The monoisotopic (exact) mass is 281 g/mol. The highest BCUT2D eigenvalue weighted by atomic mass is 35.5. The summed E-state index contributed by atoms with van der Waals surface area (Å²) in [5.41, 5.74) is 2.43. The fraction of sp³-hybridized carbons (Fsp3) is 0.538. The summed E-state index contributed by atoms with van der Waals surface area (Å²) in [5, 5.41) is 12.2. The first-order chi connectivity index (χ1) is 8.78. The van der Waals surface area contributed by atoms with Gasteiger partial charge in [-0.15, -0.1) is 12.4 Å². The molecule has 0 aliphatic heterocycles. The smallest absolute Gasteiger partial charge is 0.124 e. The van der Waals surface area contributed by atoms with Crippen molar-refractivity contribution >= 4 is 18.2 Å². The molecular weight excluding hydrogens is 262 g/mol. The van der Waals surface area contributed by atoms with Gasteiger partial charge in [0.05, 0.1) is 17.9 Å². The second-order valence-electron chi connectivity index (χ2n) is 4.84. The molecule has 104 valence electrons. The Bertz CT molecular complexity index is 541. The SMILES string of the molecule is CCn1nccc1CNc1cc(C2CC2)nn1C.Cl. The van der Waals surface area contributed by atoms with Crippen LogP contribution in [0.4, 0.5) is 5.82 Å². The van der Waals surface area contributed by atoms with E-state index in [1.165, 1.54) is 24.2 Å². The molecule has 1 N–H and O–H groups in total. The summed E-state index contributed by atoms with van der Waals surface area (Å²) in [6.07, 6.45) is 4.43. The van der Waals surface area contributed by atoms with Gasteiger partial charge in [0.2, 0.25) is 0 Å². The molecule has 2 aromatic rings. The Balaban J connectivity index is 0.00000133. The summed E-state index contributed by atoms with van der Waals surface area (Å²) < 4.78 is 3.94. The zero-order valence-corrected chi connectivity index (χ0v) is 12.2. The van der Waals surface area contributed by atoms with Crippen LogP contribution >= 0.6 is 12.4 Å². The van der Waals surface area contributed by atoms with Crippen molar-refractivity contribution < 1.29 is 0 Å². The van der Waals surface area contributed by atoms with Crippen LogP contribution in [-0.2, 0) is 20.1 Å². The first-order valence-corrected chi connectivity index (χ1v) is 6.56. The first-order valence-electron chi connectivity index (χ1n) is 6.56. The second kappa shape index (κ2) is 5.65. The lowest BCUT2D eigenvalue weighted by atomic mass is 10.3. The summed E-state index contributed by atoms with van der Waals surface area (Å²) in [6.45, 7) is 3.80. The third-order valence-electron chi connectivity index (χ3n) is 3.45. The maximum Gasteiger partial charge on any atom is 0.124 e. The molecule has 0 aromatic carbocycles. The van der Waals surface area contributed by atoms with Crippen molar-refractivity contribution in [3.8, 4) is 0 Å². The molecule has 2 heterocycles. The van der Waals surface area contributed by atoms with E-state index in [9.17, 15) is 0 Å². The number of rotatable bonds is 5. The number of hydrogen-bond acceptors (Lipinski definition) is 3. The van der Waals surface area contributed by atoms with Crippen molar-refractivity contribution in [2.45, 2.75) is 38.8 Å². The fourth-order valence-corrected chi connectivity index (χ4v) is 2.21. The minimum absolute atomic E-state index is 0. The molecule has 0 bridgehead atoms. The van der Waals surface area contributed by atoms with Crippen LogP contribution < -0.4 is 5.32 Å². The van der Waals surface area contributed by atoms with Gasteiger partial charge >= 0.3 is 0 Å². The third kappa shape index (κ3) is 2.92. The molecule has 1 fully saturated rings. The van der Waals surface area contributed by atoms with Gasteiger partial charge in [-0.25, -0.2) is 0 Å². The van der Waals surface area contributed by atoms with Gasteiger partial charge in [-0.1, -0.05) is 0 Å². The Labute approximate surface area is 119 Å². The van der Waals surface area contributed by atoms with Crippen molar-refractivity contribution in [1.29, 1.82) is 0 Å². The van der Waals surface area contributed by atoms with Crippen LogP contribution in [0.2, 0.25) is 0 Å². The highest BCUT2D eigenvalue weighted by Crippen LogP contribution is 2.39. The van der Waals surface area contributed by atoms with Crippen molar-refractivity contribution in [2.75, 3.05) is 5.32 Å². The molecule has 0 atom stereocenters. The third-order valence-corrected chi connectivity index (χ3v) is 3.45. The minimum atomic E-state index is 0. The van der Waals surface area contributed by atoms with E-state index in [1.807, 2.05) is 22.6 Å². The molecule has 2 aromatic heterocycles. The maximum absolute atomic E-state index is 4.55. The van der Waals surface area contributed by atoms with Crippen LogP contribution in [0.5, 0.6) is 0 Å². The van der Waals surface area contributed by atoms with E-state index in [0.717, 1.165) is 18.9 Å². The van der Waals surface area contributed by atoms with Crippen LogP contribution in [0.3, 0.4) is 0 Å². The molecule has 1 aliphatic carbocycles. The van der Waals surface area contributed by atoms with Gasteiger partial charge in [0, 0.05) is 31.8 Å². The molecule has 3 rings (SSSR count). The van der Waals surface area contributed by atoms with Gasteiger partial charge in [-0.2, -0.15) is 10.2 Å². The number of nitrogens with zero attached hydrogens (tertiary/aromatic N) is 4. The lowest BCUT2D eigenvalue weighted by Crippen LogP contribution is -2.09. The van der Waals surface area contributed by atoms with Crippen LogP contribution in [0.15, 0.2) is 18.3 Å². The van der Waals surface area contributed by atoms with E-state index in [2.05, 4.69) is 34.6 Å². The van der Waals surface area contributed by atoms with Gasteiger partial charge in [0.1, 0.15) is 5.82 Å². The summed E-state index contributed by atoms with van der Waals surface area (Å²) in [7, 11) is 1.99. The number of nitrogens with one attached hydrogen (secondary N) is 1. The van der Waals surface area contributed by atoms with Gasteiger partial charge in [-0.05, 0) is 25.8 Å². The molecule has 0 radical (unpaired) electrons. The van der Waals surface area contributed by atoms with E-state index in [0.29, 0.717) is 5.92 Å². The van der Waals surface area contributed by atoms with Crippen LogP contribution in [-0.4, -0.2) is 19.6 Å². The minimum Gasteiger partial charge on any atom is -0.365 e. The van der Waals surface area contributed by atoms with E-state index < -0.39 is 0 Å². The number of aryl methyl sites for hydroxylation is 2. The first kappa shape index (κ1) is 13.9. The van der Waals surface area contributed by atoms with Crippen LogP contribution in [0.25, 0.3) is 0 Å². The quantitative estimate of drug-likeness (QED) is 0.916. The van der Waals surface area contributed by atoms with E-state index in [1.54, 1.807) is 0 Å². The average molecular weight is 282 g/mol. The fourth-order valence-electron chi connectivity index (χ4n) is 2.21. The van der Waals surface area contributed by atoms with Gasteiger partial charge in [-0.3, -0.25) is 9.36 Å². The summed E-state index contributed by atoms with van der Waals surface area (Å²) in [5.74, 6) is 1.79. The standard InChI is InChI=1S/C13H19N5.ClH/c1-3-18-11(6-7-15-18)9-14-13-8-12(10-4-5-10)16-17(13)2;/h6-8,10,14H,3-5,9H2,1-2H3;1H. The normalized spacial score (nSPS) is 14.2. The van der Waals surface area contributed by atoms with E-state index in [-0.39, 0.29) is 12.4 Å². The number of anilines is 1. The van der Waals surface area contributed by atoms with Crippen molar-refractivity contribution in [3.05, 3.63) is 29.7 Å². The van der Waals surface area contributed by atoms with Gasteiger partial charge in [0.25, 0.3) is 0 Å². The number of aromatic nitrogens is 4. The van der Waals surface area contributed by atoms with Crippen molar-refractivity contribution in [1.82, 2.24) is 19.6 Å². The van der Waals surface area contributed by atoms with E-state index >= 15 is 0 Å². The zero-order valence-electron chi connectivity index (χ0n) is 11.3. The summed E-state index contributed by atoms with van der Waals surface area (Å²) >= 11 is 0. The molecular formula is C13H20ClN5. The van der Waals surface area contributed by atoms with E-state index in [4.69, 9.17) is 0 Å². The topological polar surface area (TPSA) is 47.7 Å². The molecule has 0 unspecified atom stereocenters. The molecule has 0 amide bonds. The lowest BCUT2D eigenvalue weighted by Gasteiger charge is -2.07. The van der Waals surface area contributed by atoms with Crippen LogP contribution in [0.1, 0.15) is 37.1 Å². The zero-order chi connectivity index (χ0) is 12.5. The average Bonchev–Trinajstić information content (AvgIpc) is 3.01. The number of hydrogen-bond donors (Lipinski definition) is 1. The summed E-state index contributed by atoms with van der Waals surface area (Å²) in [4.78, 5) is 0. The Morgan fingerprint density at radius 1 is 1.42 bits per heavy atom. The predicted molar refractivity (Wildman–Crippen MR) is 77.7 cm³/mol. The predicted octanol–water partition coefficient (Wildman–Crippen LogP) is 2.55. The molecule has 1 saturated carbocycles. The summed E-state index contributed by atoms with van der Waals surface area (Å²) in [6, 6.07) is 4.22. The highest BCUT2D eigenvalue weighted by molar-refractivity contribution is 5.85. The highest BCUT2D eigenvalue weighted by Gasteiger charge is 2.26. The Hall–Kier alpha value is -1.49. The molecule has 6 heteroatoms. The second-order valence-corrected chi connectivity index (χ2v) is 4.84. The van der Waals surface area contributed by atoms with Crippen molar-refractivity contribution in [2.24, 2.45) is 7.05 Å². The largest absolute Gasteiger partial charge is 0.365 e. The Morgan fingerprint density at radius 2 is 2.21 bits per heavy atom. The maximum atomic E-state index is 4.55. The number of halogens is 1. The van der Waals surface area contributed by atoms with Crippen LogP contribution in [0, 0.1) is 0 Å². The van der Waals surface area contributed by atoms with Gasteiger partial charge in [0.15, 0.2) is 0 Å². The molecule has 19 heavy (non-hydrogen) atoms. The molecule has 0 saturated heterocycles. The van der Waals surface area contributed by atoms with Crippen molar-refractivity contribution in [3.63, 3.8) is 0 Å². The lowest BCUT2D eigenvalue weighted by molar-refractivity contribution is 0.626. The van der Waals surface area contributed by atoms with Gasteiger partial charge < -0.3 is 5.32 Å². The Kier molecular flexibility index (Phi) is 4.14.